The molecule has 3 fully saturated rings. The number of carbonyl (C=O) groups is 2. The van der Waals surface area contributed by atoms with Crippen LogP contribution in [0.5, 0.6) is 0 Å². The minimum Gasteiger partial charge on any atom is -0.381 e. The number of carbonyl (C=O) groups excluding carboxylic acids is 2. The highest BCUT2D eigenvalue weighted by molar-refractivity contribution is 6.29. The average Bonchev–Trinajstić information content (AvgIpc) is 3.54. The molecule has 2 amide bonds. The third-order valence-corrected chi connectivity index (χ3v) is 7.24. The zero-order chi connectivity index (χ0) is 23.3. The summed E-state index contributed by atoms with van der Waals surface area (Å²) >= 11 is 6.11. The van der Waals surface area contributed by atoms with Gasteiger partial charge < -0.3 is 14.5 Å². The molecule has 2 aliphatic heterocycles. The fourth-order valence-corrected chi connectivity index (χ4v) is 5.49. The summed E-state index contributed by atoms with van der Waals surface area (Å²) in [5.41, 5.74) is -1.76. The Morgan fingerprint density at radius 2 is 1.94 bits per heavy atom. The monoisotopic (exact) mass is 484 g/mol. The zero-order valence-corrected chi connectivity index (χ0v) is 18.7. The molecule has 4 heterocycles. The van der Waals surface area contributed by atoms with Crippen molar-refractivity contribution in [3.63, 3.8) is 0 Å². The number of imidazole rings is 1. The molecule has 2 aromatic rings. The summed E-state index contributed by atoms with van der Waals surface area (Å²) in [4.78, 5) is 33.3. The van der Waals surface area contributed by atoms with Crippen LogP contribution in [0.3, 0.4) is 0 Å². The molecule has 0 radical (unpaired) electrons. The van der Waals surface area contributed by atoms with Crippen molar-refractivity contribution in [2.24, 2.45) is 0 Å². The number of fused-ring (bicyclic) bond motifs is 1. The summed E-state index contributed by atoms with van der Waals surface area (Å²) < 4.78 is 49.6. The van der Waals surface area contributed by atoms with E-state index in [0.717, 1.165) is 36.3 Å². The lowest BCUT2D eigenvalue weighted by molar-refractivity contribution is -0.137. The van der Waals surface area contributed by atoms with Gasteiger partial charge in [-0.25, -0.2) is 4.98 Å². The summed E-state index contributed by atoms with van der Waals surface area (Å²) in [6.07, 6.45) is 2.23. The number of amides is 2. The van der Waals surface area contributed by atoms with Crippen molar-refractivity contribution in [2.45, 2.75) is 50.2 Å². The molecule has 33 heavy (non-hydrogen) atoms. The molecule has 3 aliphatic rings. The molecule has 0 aromatic carbocycles. The van der Waals surface area contributed by atoms with Gasteiger partial charge in [0.25, 0.3) is 5.91 Å². The number of alkyl halides is 3. The lowest BCUT2D eigenvalue weighted by Gasteiger charge is -2.38. The molecular weight excluding hydrogens is 461 g/mol. The molecule has 1 saturated carbocycles. The summed E-state index contributed by atoms with van der Waals surface area (Å²) in [7, 11) is 0. The molecule has 0 spiro atoms. The standard InChI is InChI=1S/C22H24ClF3N4O3/c23-16-9-27-20-19(22(24,25)26)18(15(10-30(16)20)13-5-8-33-12-13)21(32)28-6-7-29(17(31)11-28)14-3-1-2-4-14/h9-10,13-14H,1-8,11-12H2. The normalized spacial score (nSPS) is 22.7. The smallest absolute Gasteiger partial charge is 0.381 e. The molecule has 0 bridgehead atoms. The number of rotatable bonds is 3. The first-order valence-electron chi connectivity index (χ1n) is 11.2. The van der Waals surface area contributed by atoms with Crippen LogP contribution in [0.4, 0.5) is 13.2 Å². The lowest BCUT2D eigenvalue weighted by Crippen LogP contribution is -2.55. The Hall–Kier alpha value is -2.33. The second-order valence-electron chi connectivity index (χ2n) is 8.92. The number of hydrogen-bond donors (Lipinski definition) is 0. The Kier molecular flexibility index (Phi) is 5.76. The first-order valence-corrected chi connectivity index (χ1v) is 11.6. The maximum absolute atomic E-state index is 14.4. The van der Waals surface area contributed by atoms with E-state index in [9.17, 15) is 22.8 Å². The van der Waals surface area contributed by atoms with Crippen LogP contribution in [-0.4, -0.2) is 69.9 Å². The predicted molar refractivity (Wildman–Crippen MR) is 113 cm³/mol. The number of hydrogen-bond acceptors (Lipinski definition) is 4. The SMILES string of the molecule is O=C(c1c(C2CCOC2)cn2c(Cl)cnc2c1C(F)(F)F)N1CCN(C2CCCC2)C(=O)C1. The zero-order valence-electron chi connectivity index (χ0n) is 17.9. The molecule has 5 rings (SSSR count). The van der Waals surface area contributed by atoms with Gasteiger partial charge in [0.2, 0.25) is 5.91 Å². The van der Waals surface area contributed by atoms with Gasteiger partial charge in [0.05, 0.1) is 18.4 Å². The van der Waals surface area contributed by atoms with Crippen molar-refractivity contribution in [3.8, 4) is 0 Å². The van der Waals surface area contributed by atoms with Gasteiger partial charge in [-0.1, -0.05) is 24.4 Å². The highest BCUT2D eigenvalue weighted by Crippen LogP contribution is 2.41. The largest absolute Gasteiger partial charge is 0.420 e. The summed E-state index contributed by atoms with van der Waals surface area (Å²) in [5, 5.41) is 0.0232. The predicted octanol–water partition coefficient (Wildman–Crippen LogP) is 3.74. The fraction of sp³-hybridized carbons (Fsp3) is 0.591. The number of ether oxygens (including phenoxy) is 1. The maximum atomic E-state index is 14.4. The molecular formula is C22H24ClF3N4O3. The Morgan fingerprint density at radius 3 is 2.58 bits per heavy atom. The Bertz CT molecular complexity index is 1090. The van der Waals surface area contributed by atoms with Crippen LogP contribution in [0, 0.1) is 0 Å². The Labute approximate surface area is 193 Å². The number of piperazine rings is 1. The van der Waals surface area contributed by atoms with Crippen molar-refractivity contribution < 1.29 is 27.5 Å². The number of pyridine rings is 1. The Balaban J connectivity index is 1.57. The van der Waals surface area contributed by atoms with Crippen LogP contribution >= 0.6 is 11.6 Å². The van der Waals surface area contributed by atoms with Gasteiger partial charge in [-0.05, 0) is 24.8 Å². The summed E-state index contributed by atoms with van der Waals surface area (Å²) in [6, 6.07) is 0.162. The van der Waals surface area contributed by atoms with E-state index in [1.165, 1.54) is 11.1 Å². The molecule has 1 unspecified atom stereocenters. The van der Waals surface area contributed by atoms with Gasteiger partial charge in [0, 0.05) is 37.9 Å². The van der Waals surface area contributed by atoms with Crippen LogP contribution in [0.25, 0.3) is 5.65 Å². The fourth-order valence-electron chi connectivity index (χ4n) is 5.32. The highest BCUT2D eigenvalue weighted by atomic mass is 35.5. The molecule has 1 aliphatic carbocycles. The van der Waals surface area contributed by atoms with E-state index in [4.69, 9.17) is 16.3 Å². The highest BCUT2D eigenvalue weighted by Gasteiger charge is 2.44. The first-order chi connectivity index (χ1) is 15.8. The summed E-state index contributed by atoms with van der Waals surface area (Å²) in [6.45, 7) is 0.903. The molecule has 178 valence electrons. The second-order valence-corrected chi connectivity index (χ2v) is 9.31. The van der Waals surface area contributed by atoms with E-state index in [0.29, 0.717) is 19.6 Å². The van der Waals surface area contributed by atoms with Crippen LogP contribution in [0.15, 0.2) is 12.4 Å². The minimum atomic E-state index is -4.84. The molecule has 2 saturated heterocycles. The van der Waals surface area contributed by atoms with Crippen LogP contribution in [-0.2, 0) is 15.7 Å². The van der Waals surface area contributed by atoms with Gasteiger partial charge in [-0.15, -0.1) is 0 Å². The van der Waals surface area contributed by atoms with E-state index in [1.807, 2.05) is 0 Å². The minimum absolute atomic E-state index is 0.0232. The first kappa shape index (κ1) is 22.5. The van der Waals surface area contributed by atoms with E-state index >= 15 is 0 Å². The van der Waals surface area contributed by atoms with E-state index < -0.39 is 28.9 Å². The quantitative estimate of drug-likeness (QED) is 0.665. The van der Waals surface area contributed by atoms with Gasteiger partial charge >= 0.3 is 6.18 Å². The number of nitrogens with zero attached hydrogens (tertiary/aromatic N) is 4. The van der Waals surface area contributed by atoms with Gasteiger partial charge in [-0.3, -0.25) is 14.0 Å². The van der Waals surface area contributed by atoms with Crippen molar-refractivity contribution in [2.75, 3.05) is 32.8 Å². The van der Waals surface area contributed by atoms with E-state index in [1.54, 1.807) is 4.90 Å². The third kappa shape index (κ3) is 3.97. The van der Waals surface area contributed by atoms with Crippen LogP contribution in [0.1, 0.15) is 59.5 Å². The van der Waals surface area contributed by atoms with Crippen molar-refractivity contribution in [1.29, 1.82) is 0 Å². The molecule has 7 nitrogen and oxygen atoms in total. The van der Waals surface area contributed by atoms with Crippen molar-refractivity contribution >= 4 is 29.1 Å². The van der Waals surface area contributed by atoms with E-state index in [2.05, 4.69) is 4.98 Å². The topological polar surface area (TPSA) is 67.2 Å². The molecule has 0 N–H and O–H groups in total. The van der Waals surface area contributed by atoms with E-state index in [-0.39, 0.29) is 48.3 Å². The Morgan fingerprint density at radius 1 is 1.18 bits per heavy atom. The van der Waals surface area contributed by atoms with Crippen molar-refractivity contribution in [1.82, 2.24) is 19.2 Å². The van der Waals surface area contributed by atoms with Crippen LogP contribution in [0.2, 0.25) is 5.15 Å². The maximum Gasteiger partial charge on any atom is 0.420 e. The van der Waals surface area contributed by atoms with Gasteiger partial charge in [-0.2, -0.15) is 13.2 Å². The van der Waals surface area contributed by atoms with Gasteiger partial charge in [0.15, 0.2) is 5.65 Å². The van der Waals surface area contributed by atoms with Crippen LogP contribution < -0.4 is 0 Å². The second kappa shape index (κ2) is 8.47. The third-order valence-electron chi connectivity index (χ3n) is 6.96. The average molecular weight is 485 g/mol. The molecule has 1 atom stereocenters. The lowest BCUT2D eigenvalue weighted by atomic mass is 9.91. The number of aromatic nitrogens is 2. The molecule has 2 aromatic heterocycles. The van der Waals surface area contributed by atoms with Crippen molar-refractivity contribution in [3.05, 3.63) is 34.2 Å². The number of halogens is 4. The summed E-state index contributed by atoms with van der Waals surface area (Å²) in [5.74, 6) is -1.40. The van der Waals surface area contributed by atoms with Gasteiger partial charge in [0.1, 0.15) is 17.3 Å². The molecule has 11 heteroatoms.